The Labute approximate surface area is 301 Å². The maximum absolute atomic E-state index is 11.3. The summed E-state index contributed by atoms with van der Waals surface area (Å²) >= 11 is 0. The summed E-state index contributed by atoms with van der Waals surface area (Å²) in [6.45, 7) is 12.6. The van der Waals surface area contributed by atoms with Crippen LogP contribution >= 0.6 is 0 Å². The number of aromatic nitrogens is 4. The van der Waals surface area contributed by atoms with Crippen LogP contribution in [0.2, 0.25) is 0 Å². The molecule has 6 rings (SSSR count). The molecule has 0 aromatic carbocycles. The standard InChI is InChI=1S/C19H32N4O2.C15H25N3O2.C2H2O4/c1-17(24)22-14-12-21(13-15-22)10-5-6-16-25-19-9-11-23(20-19)18-7-3-2-4-8-18;1-2-4-14(5-3-1)18-7-6-15(16-18)20-13-10-17-8-11-19-12-9-17;3-1(4)2(5)6/h9,11,18H,2-8,10,12-16H2,1H3;6-7,14H,1-5,8-13H2;(H,3,4)(H,5,6). The first-order chi connectivity index (χ1) is 24.8. The lowest BCUT2D eigenvalue weighted by atomic mass is 9.96. The van der Waals surface area contributed by atoms with Gasteiger partial charge in [0.25, 0.3) is 0 Å². The Morgan fingerprint density at radius 3 is 1.67 bits per heavy atom. The molecule has 2 saturated carbocycles. The smallest absolute Gasteiger partial charge is 0.414 e. The molecular weight excluding hydrogens is 658 g/mol. The van der Waals surface area contributed by atoms with E-state index in [0.717, 1.165) is 96.8 Å². The third-order valence-corrected chi connectivity index (χ3v) is 9.95. The van der Waals surface area contributed by atoms with E-state index in [4.69, 9.17) is 34.0 Å². The molecule has 0 spiro atoms. The predicted octanol–water partition coefficient (Wildman–Crippen LogP) is 3.97. The fraction of sp³-hybridized carbons (Fsp3) is 0.750. The summed E-state index contributed by atoms with van der Waals surface area (Å²) in [6.07, 6.45) is 19.4. The van der Waals surface area contributed by atoms with Crippen LogP contribution in [0.1, 0.15) is 96.1 Å². The van der Waals surface area contributed by atoms with Gasteiger partial charge in [-0.3, -0.25) is 24.0 Å². The second-order valence-electron chi connectivity index (χ2n) is 13.7. The van der Waals surface area contributed by atoms with Crippen molar-refractivity contribution in [2.75, 3.05) is 78.8 Å². The van der Waals surface area contributed by atoms with Crippen LogP contribution in [0.25, 0.3) is 0 Å². The summed E-state index contributed by atoms with van der Waals surface area (Å²) in [5.41, 5.74) is 0. The fourth-order valence-corrected chi connectivity index (χ4v) is 6.90. The number of carboxylic acids is 2. The summed E-state index contributed by atoms with van der Waals surface area (Å²) < 4.78 is 21.1. The van der Waals surface area contributed by atoms with Crippen molar-refractivity contribution in [2.45, 2.75) is 96.1 Å². The van der Waals surface area contributed by atoms with E-state index in [2.05, 4.69) is 41.8 Å². The molecule has 2 N–H and O–H groups in total. The molecule has 1 amide bonds. The van der Waals surface area contributed by atoms with E-state index in [1.54, 1.807) is 6.92 Å². The van der Waals surface area contributed by atoms with Crippen molar-refractivity contribution in [3.8, 4) is 11.8 Å². The van der Waals surface area contributed by atoms with Gasteiger partial charge in [-0.15, -0.1) is 10.2 Å². The SMILES string of the molecule is CC(=O)N1CCN(CCCCOc2ccn(C3CCCCC3)n2)CC1.O=C(O)C(=O)O.c1cn(C2CCCCC2)nc1OCCN1CCOCC1. The van der Waals surface area contributed by atoms with Gasteiger partial charge in [-0.1, -0.05) is 38.5 Å². The molecule has 2 aliphatic heterocycles. The van der Waals surface area contributed by atoms with Crippen LogP contribution in [0.3, 0.4) is 0 Å². The van der Waals surface area contributed by atoms with Crippen LogP contribution in [0.4, 0.5) is 0 Å². The Kier molecular flexibility index (Phi) is 17.5. The Morgan fingerprint density at radius 2 is 1.18 bits per heavy atom. The number of carboxylic acid groups (broad SMARTS) is 2. The van der Waals surface area contributed by atoms with Crippen LogP contribution in [-0.4, -0.2) is 141 Å². The molecule has 2 aliphatic carbocycles. The van der Waals surface area contributed by atoms with Crippen molar-refractivity contribution in [1.29, 1.82) is 0 Å². The van der Waals surface area contributed by atoms with E-state index >= 15 is 0 Å². The van der Waals surface area contributed by atoms with Crippen LogP contribution in [0.15, 0.2) is 24.5 Å². The summed E-state index contributed by atoms with van der Waals surface area (Å²) in [5.74, 6) is -1.92. The highest BCUT2D eigenvalue weighted by atomic mass is 16.5. The van der Waals surface area contributed by atoms with Crippen LogP contribution < -0.4 is 9.47 Å². The summed E-state index contributed by atoms with van der Waals surface area (Å²) in [5, 5.41) is 23.9. The van der Waals surface area contributed by atoms with Crippen LogP contribution in [0, 0.1) is 0 Å². The Morgan fingerprint density at radius 1 is 0.686 bits per heavy atom. The molecular formula is C36H59N7O8. The third-order valence-electron chi connectivity index (χ3n) is 9.95. The lowest BCUT2D eigenvalue weighted by Crippen LogP contribution is -2.48. The Hall–Kier alpha value is -3.69. The molecule has 51 heavy (non-hydrogen) atoms. The first-order valence-corrected chi connectivity index (χ1v) is 18.9. The second kappa shape index (κ2) is 22.3. The van der Waals surface area contributed by atoms with Gasteiger partial charge >= 0.3 is 11.9 Å². The first kappa shape index (κ1) is 40.1. The molecule has 2 aromatic rings. The lowest BCUT2D eigenvalue weighted by Gasteiger charge is -2.34. The van der Waals surface area contributed by atoms with Crippen molar-refractivity contribution in [3.63, 3.8) is 0 Å². The molecule has 4 aliphatic rings. The molecule has 0 atom stereocenters. The molecule has 15 nitrogen and oxygen atoms in total. The number of unbranched alkanes of at least 4 members (excludes halogenated alkanes) is 1. The zero-order valence-electron chi connectivity index (χ0n) is 30.4. The van der Waals surface area contributed by atoms with E-state index in [9.17, 15) is 4.79 Å². The molecule has 4 heterocycles. The number of ether oxygens (including phenoxy) is 3. The zero-order chi connectivity index (χ0) is 36.3. The highest BCUT2D eigenvalue weighted by Crippen LogP contribution is 2.29. The van der Waals surface area contributed by atoms with Crippen LogP contribution in [-0.2, 0) is 19.1 Å². The molecule has 0 unspecified atom stereocenters. The molecule has 0 radical (unpaired) electrons. The maximum atomic E-state index is 11.3. The number of carbonyl (C=O) groups is 3. The summed E-state index contributed by atoms with van der Waals surface area (Å²) in [6, 6.07) is 5.14. The Balaban J connectivity index is 0.000000201. The minimum absolute atomic E-state index is 0.195. The molecule has 0 bridgehead atoms. The lowest BCUT2D eigenvalue weighted by molar-refractivity contribution is -0.159. The quantitative estimate of drug-likeness (QED) is 0.240. The molecule has 2 saturated heterocycles. The monoisotopic (exact) mass is 717 g/mol. The number of carbonyl (C=O) groups excluding carboxylic acids is 1. The molecule has 4 fully saturated rings. The van der Waals surface area contributed by atoms with Gasteiger partial charge in [0.2, 0.25) is 17.7 Å². The van der Waals surface area contributed by atoms with Gasteiger partial charge in [-0.2, -0.15) is 0 Å². The van der Waals surface area contributed by atoms with Crippen molar-refractivity contribution < 1.29 is 38.8 Å². The highest BCUT2D eigenvalue weighted by Gasteiger charge is 2.19. The van der Waals surface area contributed by atoms with Crippen molar-refractivity contribution >= 4 is 17.8 Å². The number of nitrogens with zero attached hydrogens (tertiary/aromatic N) is 7. The van der Waals surface area contributed by atoms with Gasteiger partial charge in [0.1, 0.15) is 6.61 Å². The van der Waals surface area contributed by atoms with Gasteiger partial charge in [0, 0.05) is 77.3 Å². The number of amides is 1. The van der Waals surface area contributed by atoms with Gasteiger partial charge in [0.15, 0.2) is 0 Å². The van der Waals surface area contributed by atoms with Crippen molar-refractivity contribution in [1.82, 2.24) is 34.3 Å². The van der Waals surface area contributed by atoms with Crippen molar-refractivity contribution in [3.05, 3.63) is 24.5 Å². The fourth-order valence-electron chi connectivity index (χ4n) is 6.90. The maximum Gasteiger partial charge on any atom is 0.414 e. The highest BCUT2D eigenvalue weighted by molar-refractivity contribution is 6.27. The third kappa shape index (κ3) is 14.8. The second-order valence-corrected chi connectivity index (χ2v) is 13.7. The van der Waals surface area contributed by atoms with E-state index in [0.29, 0.717) is 18.7 Å². The van der Waals surface area contributed by atoms with E-state index < -0.39 is 11.9 Å². The summed E-state index contributed by atoms with van der Waals surface area (Å²) in [7, 11) is 0. The number of morpholine rings is 1. The van der Waals surface area contributed by atoms with Crippen molar-refractivity contribution in [2.24, 2.45) is 0 Å². The summed E-state index contributed by atoms with van der Waals surface area (Å²) in [4.78, 5) is 36.3. The number of aliphatic carboxylic acids is 2. The van der Waals surface area contributed by atoms with E-state index in [1.165, 1.54) is 64.2 Å². The molecule has 2 aromatic heterocycles. The van der Waals surface area contributed by atoms with Gasteiger partial charge in [-0.25, -0.2) is 9.59 Å². The molecule has 15 heteroatoms. The number of hydrogen-bond acceptors (Lipinski definition) is 10. The first-order valence-electron chi connectivity index (χ1n) is 18.9. The predicted molar refractivity (Wildman–Crippen MR) is 190 cm³/mol. The van der Waals surface area contributed by atoms with Crippen LogP contribution in [0.5, 0.6) is 11.8 Å². The average Bonchev–Trinajstić information content (AvgIpc) is 3.84. The average molecular weight is 718 g/mol. The number of piperazine rings is 1. The minimum Gasteiger partial charge on any atom is -0.477 e. The van der Waals surface area contributed by atoms with Gasteiger partial charge < -0.3 is 29.3 Å². The number of rotatable bonds is 12. The minimum atomic E-state index is -1.82. The normalized spacial score (nSPS) is 19.3. The topological polar surface area (TPSA) is 165 Å². The van der Waals surface area contributed by atoms with E-state index in [-0.39, 0.29) is 5.91 Å². The Bertz CT molecular complexity index is 1280. The van der Waals surface area contributed by atoms with Gasteiger partial charge in [0.05, 0.1) is 31.9 Å². The molecule has 286 valence electrons. The number of hydrogen-bond donors (Lipinski definition) is 2. The zero-order valence-corrected chi connectivity index (χ0v) is 30.4. The largest absolute Gasteiger partial charge is 0.477 e. The van der Waals surface area contributed by atoms with Gasteiger partial charge in [-0.05, 0) is 45.1 Å². The van der Waals surface area contributed by atoms with E-state index in [1.807, 2.05) is 17.0 Å².